The molecule has 29 heavy (non-hydrogen) atoms. The molecule has 0 bridgehead atoms. The average Bonchev–Trinajstić information content (AvgIpc) is 3.00. The second-order valence-electron chi connectivity index (χ2n) is 6.32. The number of alkyl halides is 3. The van der Waals surface area contributed by atoms with Crippen molar-refractivity contribution in [3.05, 3.63) is 59.2 Å². The second-order valence-corrected chi connectivity index (χ2v) is 8.31. The number of aromatic nitrogens is 2. The number of halogens is 6. The number of hydrogen-bond donors (Lipinski definition) is 1. The fraction of sp³-hybridized carbons (Fsp3) is 0.167. The quantitative estimate of drug-likeness (QED) is 0.597. The van der Waals surface area contributed by atoms with Crippen molar-refractivity contribution in [2.75, 3.05) is 6.26 Å². The molecule has 0 unspecified atom stereocenters. The Hall–Kier alpha value is -2.82. The number of imidazole rings is 1. The van der Waals surface area contributed by atoms with Crippen molar-refractivity contribution < 1.29 is 34.8 Å². The smallest absolute Gasteiger partial charge is 0.334 e. The summed E-state index contributed by atoms with van der Waals surface area (Å²) in [5.41, 5.74) is -1.85. The minimum atomic E-state index is -4.98. The highest BCUT2D eigenvalue weighted by Crippen LogP contribution is 2.38. The Morgan fingerprint density at radius 2 is 1.55 bits per heavy atom. The first kappa shape index (κ1) is 20.9. The second kappa shape index (κ2) is 6.90. The van der Waals surface area contributed by atoms with Gasteiger partial charge in [0.2, 0.25) is 5.82 Å². The normalized spacial score (nSPS) is 12.4. The van der Waals surface area contributed by atoms with E-state index in [4.69, 9.17) is 0 Å². The molecule has 0 atom stereocenters. The molecular weight excluding hydrogens is 422 g/mol. The first-order chi connectivity index (χ1) is 13.3. The van der Waals surface area contributed by atoms with Gasteiger partial charge in [-0.25, -0.2) is 26.6 Å². The summed E-state index contributed by atoms with van der Waals surface area (Å²) in [7, 11) is -4.13. The van der Waals surface area contributed by atoms with Crippen LogP contribution in [0, 0.1) is 24.4 Å². The van der Waals surface area contributed by atoms with Gasteiger partial charge in [0.1, 0.15) is 22.3 Å². The molecule has 0 radical (unpaired) electrons. The largest absolute Gasteiger partial charge is 0.449 e. The van der Waals surface area contributed by atoms with E-state index >= 15 is 0 Å². The van der Waals surface area contributed by atoms with Gasteiger partial charge in [-0.2, -0.15) is 13.2 Å². The first-order valence-electron chi connectivity index (χ1n) is 7.92. The van der Waals surface area contributed by atoms with Crippen LogP contribution in [-0.4, -0.2) is 24.6 Å². The Balaban J connectivity index is 2.32. The highest BCUT2D eigenvalue weighted by Gasteiger charge is 2.37. The van der Waals surface area contributed by atoms with Crippen molar-refractivity contribution in [1.29, 1.82) is 0 Å². The monoisotopic (exact) mass is 434 g/mol. The minimum Gasteiger partial charge on any atom is -0.334 e. The van der Waals surface area contributed by atoms with E-state index in [-0.39, 0.29) is 5.56 Å². The number of hydrogen-bond acceptors (Lipinski definition) is 3. The Morgan fingerprint density at radius 3 is 2.10 bits per heavy atom. The predicted octanol–water partition coefficient (Wildman–Crippen LogP) is 4.89. The van der Waals surface area contributed by atoms with Gasteiger partial charge < -0.3 is 4.98 Å². The zero-order chi connectivity index (χ0) is 21.7. The Kier molecular flexibility index (Phi) is 4.98. The zero-order valence-electron chi connectivity index (χ0n) is 14.8. The lowest BCUT2D eigenvalue weighted by Gasteiger charge is -2.08. The molecule has 1 N–H and O–H groups in total. The summed E-state index contributed by atoms with van der Waals surface area (Å²) < 4.78 is 106. The third kappa shape index (κ3) is 4.00. The average molecular weight is 434 g/mol. The number of aryl methyl sites for hydroxylation is 1. The van der Waals surface area contributed by atoms with Crippen LogP contribution in [0.25, 0.3) is 22.5 Å². The summed E-state index contributed by atoms with van der Waals surface area (Å²) in [5.74, 6) is -5.16. The number of H-pyrrole nitrogens is 1. The van der Waals surface area contributed by atoms with E-state index in [0.717, 1.165) is 6.07 Å². The van der Waals surface area contributed by atoms with Crippen molar-refractivity contribution in [3.8, 4) is 22.5 Å². The van der Waals surface area contributed by atoms with Gasteiger partial charge in [0.25, 0.3) is 0 Å². The van der Waals surface area contributed by atoms with Gasteiger partial charge in [-0.3, -0.25) is 0 Å². The molecule has 0 amide bonds. The van der Waals surface area contributed by atoms with Crippen LogP contribution in [0.3, 0.4) is 0 Å². The molecule has 2 aromatic carbocycles. The highest BCUT2D eigenvalue weighted by atomic mass is 32.2. The highest BCUT2D eigenvalue weighted by molar-refractivity contribution is 7.90. The van der Waals surface area contributed by atoms with Gasteiger partial charge in [-0.1, -0.05) is 6.07 Å². The van der Waals surface area contributed by atoms with Crippen LogP contribution in [0.5, 0.6) is 0 Å². The summed E-state index contributed by atoms with van der Waals surface area (Å²) >= 11 is 0. The van der Waals surface area contributed by atoms with E-state index in [9.17, 15) is 34.8 Å². The summed E-state index contributed by atoms with van der Waals surface area (Å²) in [5, 5.41) is 0. The van der Waals surface area contributed by atoms with Crippen molar-refractivity contribution in [1.82, 2.24) is 9.97 Å². The van der Waals surface area contributed by atoms with E-state index in [2.05, 4.69) is 4.98 Å². The standard InChI is InChI=1S/C18H12F6N2O2S/c1-8-3-4-9(11(19)5-8)15-16(26-17(25-15)18(22,23)24)10-6-13(21)14(7-12(10)20)29(2,27)28/h3-7H,1-2H3,(H,25,26). The van der Waals surface area contributed by atoms with Crippen LogP contribution in [-0.2, 0) is 16.0 Å². The predicted molar refractivity (Wildman–Crippen MR) is 92.2 cm³/mol. The lowest BCUT2D eigenvalue weighted by molar-refractivity contribution is -0.144. The van der Waals surface area contributed by atoms with Gasteiger partial charge in [-0.05, 0) is 36.8 Å². The number of rotatable bonds is 3. The number of benzene rings is 2. The topological polar surface area (TPSA) is 62.8 Å². The molecule has 0 saturated carbocycles. The van der Waals surface area contributed by atoms with Crippen LogP contribution in [0.4, 0.5) is 26.3 Å². The van der Waals surface area contributed by atoms with Crippen LogP contribution in [0.2, 0.25) is 0 Å². The van der Waals surface area contributed by atoms with E-state index in [0.29, 0.717) is 24.0 Å². The Bertz CT molecular complexity index is 1220. The molecule has 3 aromatic rings. The molecule has 0 saturated heterocycles. The third-order valence-corrected chi connectivity index (χ3v) is 5.15. The fourth-order valence-electron chi connectivity index (χ4n) is 2.71. The van der Waals surface area contributed by atoms with Crippen molar-refractivity contribution in [2.24, 2.45) is 0 Å². The summed E-state index contributed by atoms with van der Waals surface area (Å²) in [6.07, 6.45) is -4.33. The van der Waals surface area contributed by atoms with Crippen LogP contribution in [0.1, 0.15) is 11.4 Å². The lowest BCUT2D eigenvalue weighted by atomic mass is 10.0. The molecule has 4 nitrogen and oxygen atoms in total. The zero-order valence-corrected chi connectivity index (χ0v) is 15.6. The van der Waals surface area contributed by atoms with Gasteiger partial charge in [-0.15, -0.1) is 0 Å². The SMILES string of the molecule is Cc1ccc(-c2[nH]c(C(F)(F)F)nc2-c2cc(F)c(S(C)(=O)=O)cc2F)c(F)c1. The van der Waals surface area contributed by atoms with Crippen LogP contribution >= 0.6 is 0 Å². The number of nitrogens with zero attached hydrogens (tertiary/aromatic N) is 1. The molecule has 1 heterocycles. The summed E-state index contributed by atoms with van der Waals surface area (Å²) in [4.78, 5) is 4.22. The van der Waals surface area contributed by atoms with E-state index in [1.807, 2.05) is 4.98 Å². The molecule has 0 aliphatic rings. The molecule has 11 heteroatoms. The van der Waals surface area contributed by atoms with Gasteiger partial charge in [0.05, 0.1) is 11.4 Å². The Morgan fingerprint density at radius 1 is 0.931 bits per heavy atom. The maximum absolute atomic E-state index is 14.6. The van der Waals surface area contributed by atoms with E-state index < -0.39 is 61.1 Å². The van der Waals surface area contributed by atoms with Gasteiger partial charge in [0.15, 0.2) is 9.84 Å². The molecule has 0 aliphatic carbocycles. The molecule has 3 rings (SSSR count). The number of sulfone groups is 1. The van der Waals surface area contributed by atoms with Crippen LogP contribution < -0.4 is 0 Å². The maximum atomic E-state index is 14.6. The van der Waals surface area contributed by atoms with Crippen molar-refractivity contribution in [2.45, 2.75) is 18.0 Å². The molecule has 154 valence electrons. The Labute approximate surface area is 161 Å². The molecular formula is C18H12F6N2O2S. The molecule has 0 fully saturated rings. The number of aromatic amines is 1. The van der Waals surface area contributed by atoms with Crippen LogP contribution in [0.15, 0.2) is 35.2 Å². The van der Waals surface area contributed by atoms with E-state index in [1.54, 1.807) is 6.92 Å². The fourth-order valence-corrected chi connectivity index (χ4v) is 3.45. The summed E-state index contributed by atoms with van der Waals surface area (Å²) in [6, 6.07) is 4.40. The van der Waals surface area contributed by atoms with E-state index in [1.165, 1.54) is 12.1 Å². The summed E-state index contributed by atoms with van der Waals surface area (Å²) in [6.45, 7) is 1.56. The van der Waals surface area contributed by atoms with Crippen molar-refractivity contribution >= 4 is 9.84 Å². The minimum absolute atomic E-state index is 0.344. The molecule has 0 spiro atoms. The van der Waals surface area contributed by atoms with Gasteiger partial charge >= 0.3 is 6.18 Å². The number of nitrogens with one attached hydrogen (secondary N) is 1. The maximum Gasteiger partial charge on any atom is 0.449 e. The third-order valence-electron chi connectivity index (χ3n) is 4.04. The molecule has 0 aliphatic heterocycles. The van der Waals surface area contributed by atoms with Crippen molar-refractivity contribution in [3.63, 3.8) is 0 Å². The van der Waals surface area contributed by atoms with Gasteiger partial charge in [0, 0.05) is 17.4 Å². The molecule has 1 aromatic heterocycles. The first-order valence-corrected chi connectivity index (χ1v) is 9.81. The lowest BCUT2D eigenvalue weighted by Crippen LogP contribution is -2.07.